The molecule has 0 radical (unpaired) electrons. The minimum atomic E-state index is -0.167. The van der Waals surface area contributed by atoms with Gasteiger partial charge in [-0.15, -0.1) is 12.4 Å². The number of hydrogen-bond acceptors (Lipinski definition) is 9. The highest BCUT2D eigenvalue weighted by Gasteiger charge is 2.18. The van der Waals surface area contributed by atoms with Crippen LogP contribution < -0.4 is 16.4 Å². The van der Waals surface area contributed by atoms with Gasteiger partial charge in [0.2, 0.25) is 11.8 Å². The summed E-state index contributed by atoms with van der Waals surface area (Å²) in [7, 11) is 0. The molecule has 1 aromatic carbocycles. The van der Waals surface area contributed by atoms with Gasteiger partial charge in [0.15, 0.2) is 5.16 Å². The normalized spacial score (nSPS) is 14.8. The van der Waals surface area contributed by atoms with Crippen molar-refractivity contribution in [2.24, 2.45) is 0 Å². The highest BCUT2D eigenvalue weighted by molar-refractivity contribution is 7.98. The monoisotopic (exact) mass is 608 g/mol. The van der Waals surface area contributed by atoms with Gasteiger partial charge < -0.3 is 16.4 Å². The number of nitrogens with zero attached hydrogens (tertiary/aromatic N) is 5. The quantitative estimate of drug-likeness (QED) is 0.210. The molecule has 12 heteroatoms. The number of piperidine rings is 1. The zero-order valence-corrected chi connectivity index (χ0v) is 25.6. The molecule has 0 aliphatic carbocycles. The van der Waals surface area contributed by atoms with E-state index in [1.165, 1.54) is 37.9 Å². The summed E-state index contributed by atoms with van der Waals surface area (Å²) in [4.78, 5) is 39.8. The van der Waals surface area contributed by atoms with Crippen molar-refractivity contribution >= 4 is 47.5 Å². The summed E-state index contributed by atoms with van der Waals surface area (Å²) in [5.41, 5.74) is 9.76. The number of nitrogens with two attached hydrogens (primary N) is 1. The molecule has 2 aromatic heterocycles. The molecule has 1 unspecified atom stereocenters. The second kappa shape index (κ2) is 16.1. The van der Waals surface area contributed by atoms with E-state index in [2.05, 4.69) is 38.5 Å². The van der Waals surface area contributed by atoms with Crippen LogP contribution in [0.4, 0.5) is 11.5 Å². The molecule has 1 atom stereocenters. The number of thioether (sulfide) groups is 1. The largest absolute Gasteiger partial charge is 0.382 e. The van der Waals surface area contributed by atoms with Gasteiger partial charge in [0, 0.05) is 55.2 Å². The van der Waals surface area contributed by atoms with Crippen LogP contribution in [0, 0.1) is 11.3 Å². The number of amides is 2. The molecule has 1 aliphatic rings. The van der Waals surface area contributed by atoms with Crippen LogP contribution in [0.5, 0.6) is 0 Å². The second-order valence-corrected chi connectivity index (χ2v) is 11.1. The van der Waals surface area contributed by atoms with Crippen molar-refractivity contribution in [1.29, 1.82) is 5.26 Å². The van der Waals surface area contributed by atoms with Crippen molar-refractivity contribution in [3.8, 4) is 17.3 Å². The summed E-state index contributed by atoms with van der Waals surface area (Å²) in [6.07, 6.45) is 4.71. The maximum absolute atomic E-state index is 12.4. The zero-order valence-electron chi connectivity index (χ0n) is 23.9. The maximum atomic E-state index is 12.4. The Labute approximate surface area is 257 Å². The molecular formula is C30H37ClN8O2S. The standard InChI is InChI=1S/C30H36N8O2S.ClH/c1-20-6-3-4-16-38(20)17-15-33-27(40)14-13-23-7-5-8-25(35-23)19-41-30-36-28(26(18-31)29(32)37-30)22-9-11-24(12-10-22)34-21(2)39;/h5,7-12,20H,3-4,6,13-17,19H2,1-2H3,(H,33,40)(H,34,39)(H2,32,36,37);1H. The summed E-state index contributed by atoms with van der Waals surface area (Å²) in [5.74, 6) is 0.475. The van der Waals surface area contributed by atoms with Crippen LogP contribution in [0.15, 0.2) is 47.6 Å². The molecule has 0 bridgehead atoms. The molecule has 4 rings (SSSR count). The molecular weight excluding hydrogens is 572 g/mol. The fourth-order valence-corrected chi connectivity index (χ4v) is 5.56. The third kappa shape index (κ3) is 9.41. The number of anilines is 2. The summed E-state index contributed by atoms with van der Waals surface area (Å²) in [6.45, 7) is 6.37. The van der Waals surface area contributed by atoms with Crippen molar-refractivity contribution in [3.05, 3.63) is 59.4 Å². The van der Waals surface area contributed by atoms with E-state index < -0.39 is 0 Å². The highest BCUT2D eigenvalue weighted by atomic mass is 35.5. The van der Waals surface area contributed by atoms with E-state index >= 15 is 0 Å². The number of carbonyl (C=O) groups excluding carboxylic acids is 2. The van der Waals surface area contributed by atoms with Crippen molar-refractivity contribution in [1.82, 2.24) is 25.2 Å². The number of halogens is 1. The van der Waals surface area contributed by atoms with Gasteiger partial charge in [-0.1, -0.05) is 36.4 Å². The first-order valence-electron chi connectivity index (χ1n) is 13.9. The maximum Gasteiger partial charge on any atom is 0.221 e. The molecule has 1 fully saturated rings. The van der Waals surface area contributed by atoms with Crippen molar-refractivity contribution < 1.29 is 9.59 Å². The van der Waals surface area contributed by atoms with E-state index in [0.717, 1.165) is 24.5 Å². The van der Waals surface area contributed by atoms with Crippen LogP contribution in [0.2, 0.25) is 0 Å². The van der Waals surface area contributed by atoms with Gasteiger partial charge in [-0.05, 0) is 57.0 Å². The minimum Gasteiger partial charge on any atom is -0.382 e. The average molecular weight is 609 g/mol. The number of nitrogen functional groups attached to an aromatic ring is 1. The van der Waals surface area contributed by atoms with E-state index in [1.54, 1.807) is 24.3 Å². The van der Waals surface area contributed by atoms with E-state index in [1.807, 2.05) is 18.2 Å². The van der Waals surface area contributed by atoms with E-state index in [9.17, 15) is 14.9 Å². The number of aromatic nitrogens is 3. The Morgan fingerprint density at radius 2 is 1.88 bits per heavy atom. The Kier molecular flexibility index (Phi) is 12.5. The number of hydrogen-bond donors (Lipinski definition) is 3. The third-order valence-corrected chi connectivity index (χ3v) is 7.87. The number of aryl methyl sites for hydroxylation is 1. The topological polar surface area (TPSA) is 150 Å². The van der Waals surface area contributed by atoms with Crippen LogP contribution >= 0.6 is 24.2 Å². The van der Waals surface area contributed by atoms with Gasteiger partial charge in [0.1, 0.15) is 17.5 Å². The Bertz CT molecular complexity index is 1410. The number of nitrogens with one attached hydrogen (secondary N) is 2. The van der Waals surface area contributed by atoms with Crippen LogP contribution in [0.3, 0.4) is 0 Å². The summed E-state index contributed by atoms with van der Waals surface area (Å²) in [6, 6.07) is 15.5. The molecule has 42 heavy (non-hydrogen) atoms. The Hall–Kier alpha value is -3.72. The van der Waals surface area contributed by atoms with Gasteiger partial charge >= 0.3 is 0 Å². The van der Waals surface area contributed by atoms with Gasteiger partial charge in [0.25, 0.3) is 0 Å². The highest BCUT2D eigenvalue weighted by Crippen LogP contribution is 2.29. The first-order chi connectivity index (χ1) is 19.8. The lowest BCUT2D eigenvalue weighted by molar-refractivity contribution is -0.121. The van der Waals surface area contributed by atoms with Crippen LogP contribution in [0.25, 0.3) is 11.3 Å². The molecule has 2 amide bonds. The number of pyridine rings is 1. The first kappa shape index (κ1) is 32.8. The third-order valence-electron chi connectivity index (χ3n) is 6.99. The van der Waals surface area contributed by atoms with Crippen molar-refractivity contribution in [2.75, 3.05) is 30.7 Å². The van der Waals surface area contributed by atoms with Gasteiger partial charge in [-0.3, -0.25) is 19.5 Å². The lowest BCUT2D eigenvalue weighted by Crippen LogP contribution is -2.42. The van der Waals surface area contributed by atoms with Crippen molar-refractivity contribution in [3.63, 3.8) is 0 Å². The van der Waals surface area contributed by atoms with Gasteiger partial charge in [0.05, 0.1) is 11.4 Å². The zero-order chi connectivity index (χ0) is 29.2. The molecule has 10 nitrogen and oxygen atoms in total. The fourth-order valence-electron chi connectivity index (χ4n) is 4.80. The minimum absolute atomic E-state index is 0. The average Bonchev–Trinajstić information content (AvgIpc) is 2.96. The van der Waals surface area contributed by atoms with Crippen LogP contribution in [0.1, 0.15) is 56.5 Å². The predicted molar refractivity (Wildman–Crippen MR) is 168 cm³/mol. The predicted octanol–water partition coefficient (Wildman–Crippen LogP) is 4.59. The molecule has 222 valence electrons. The molecule has 4 N–H and O–H groups in total. The second-order valence-electron chi connectivity index (χ2n) is 10.1. The van der Waals surface area contributed by atoms with E-state index in [-0.39, 0.29) is 35.6 Å². The fraction of sp³-hybridized carbons (Fsp3) is 0.400. The number of carbonyl (C=O) groups is 2. The molecule has 0 spiro atoms. The Morgan fingerprint density at radius 1 is 1.12 bits per heavy atom. The number of rotatable bonds is 11. The summed E-state index contributed by atoms with van der Waals surface area (Å²) < 4.78 is 0. The summed E-state index contributed by atoms with van der Waals surface area (Å²) >= 11 is 1.37. The van der Waals surface area contributed by atoms with Gasteiger partial charge in [-0.2, -0.15) is 5.26 Å². The van der Waals surface area contributed by atoms with Gasteiger partial charge in [-0.25, -0.2) is 9.97 Å². The SMILES string of the molecule is CC(=O)Nc1ccc(-c2nc(SCc3cccc(CCC(=O)NCCN4CCCCC4C)n3)nc(N)c2C#N)cc1.Cl. The lowest BCUT2D eigenvalue weighted by Gasteiger charge is -2.33. The van der Waals surface area contributed by atoms with Crippen molar-refractivity contribution in [2.45, 2.75) is 62.9 Å². The van der Waals surface area contributed by atoms with E-state index in [0.29, 0.717) is 53.3 Å². The van der Waals surface area contributed by atoms with Crippen LogP contribution in [-0.4, -0.2) is 57.3 Å². The number of nitriles is 1. The molecule has 0 saturated carbocycles. The smallest absolute Gasteiger partial charge is 0.221 e. The Morgan fingerprint density at radius 3 is 2.60 bits per heavy atom. The molecule has 3 aromatic rings. The lowest BCUT2D eigenvalue weighted by atomic mass is 10.0. The van der Waals surface area contributed by atoms with E-state index in [4.69, 9.17) is 10.7 Å². The number of likely N-dealkylation sites (tertiary alicyclic amines) is 1. The molecule has 1 saturated heterocycles. The molecule has 1 aliphatic heterocycles. The summed E-state index contributed by atoms with van der Waals surface area (Å²) in [5, 5.41) is 15.8. The number of benzene rings is 1. The first-order valence-corrected chi connectivity index (χ1v) is 14.8. The van der Waals surface area contributed by atoms with Crippen LogP contribution in [-0.2, 0) is 21.8 Å². The Balaban J connectivity index is 0.00000484. The molecule has 3 heterocycles.